The van der Waals surface area contributed by atoms with Gasteiger partial charge in [-0.1, -0.05) is 6.92 Å². The van der Waals surface area contributed by atoms with Crippen molar-refractivity contribution in [1.29, 1.82) is 0 Å². The number of hydrogen-bond donors (Lipinski definition) is 2. The van der Waals surface area contributed by atoms with E-state index in [4.69, 9.17) is 0 Å². The van der Waals surface area contributed by atoms with Crippen LogP contribution in [0.4, 0.5) is 0 Å². The van der Waals surface area contributed by atoms with E-state index in [0.717, 1.165) is 43.2 Å². The summed E-state index contributed by atoms with van der Waals surface area (Å²) in [5.74, 6) is 3.66. The summed E-state index contributed by atoms with van der Waals surface area (Å²) in [5, 5.41) is 15.6. The zero-order valence-electron chi connectivity index (χ0n) is 14.1. The smallest absolute Gasteiger partial charge is 0.191 e. The summed E-state index contributed by atoms with van der Waals surface area (Å²) in [4.78, 5) is 7.01. The Hall–Kier alpha value is -1.63. The highest BCUT2D eigenvalue weighted by molar-refractivity contribution is 5.80. The highest BCUT2D eigenvalue weighted by atomic mass is 15.3. The number of nitrogens with zero attached hydrogens (tertiary/aromatic N) is 5. The molecule has 1 aliphatic carbocycles. The Morgan fingerprint density at radius 3 is 2.96 bits per heavy atom. The number of aryl methyl sites for hydroxylation is 1. The third-order valence-electron chi connectivity index (χ3n) is 5.35. The Balaban J connectivity index is 1.32. The van der Waals surface area contributed by atoms with Gasteiger partial charge in [0, 0.05) is 45.2 Å². The van der Waals surface area contributed by atoms with Crippen LogP contribution in [-0.2, 0) is 19.5 Å². The molecule has 0 bridgehead atoms. The van der Waals surface area contributed by atoms with Gasteiger partial charge in [-0.05, 0) is 25.2 Å². The monoisotopic (exact) mass is 317 g/mol. The molecule has 7 heteroatoms. The van der Waals surface area contributed by atoms with Gasteiger partial charge in [0.25, 0.3) is 0 Å². The topological polar surface area (TPSA) is 70.4 Å². The second kappa shape index (κ2) is 6.11. The molecular weight excluding hydrogens is 290 g/mol. The highest BCUT2D eigenvalue weighted by Gasteiger charge is 2.38. The largest absolute Gasteiger partial charge is 0.352 e. The van der Waals surface area contributed by atoms with Crippen molar-refractivity contribution < 1.29 is 0 Å². The average molecular weight is 317 g/mol. The van der Waals surface area contributed by atoms with Gasteiger partial charge in [0.05, 0.1) is 6.54 Å². The van der Waals surface area contributed by atoms with Crippen LogP contribution >= 0.6 is 0 Å². The first kappa shape index (κ1) is 14.9. The fraction of sp³-hybridized carbons (Fsp3) is 0.812. The summed E-state index contributed by atoms with van der Waals surface area (Å²) in [5.41, 5.74) is 0. The van der Waals surface area contributed by atoms with E-state index in [1.165, 1.54) is 25.8 Å². The van der Waals surface area contributed by atoms with E-state index in [9.17, 15) is 0 Å². The summed E-state index contributed by atoms with van der Waals surface area (Å²) >= 11 is 0. The van der Waals surface area contributed by atoms with Crippen molar-refractivity contribution in [1.82, 2.24) is 30.3 Å². The first-order valence-corrected chi connectivity index (χ1v) is 8.87. The molecule has 2 atom stereocenters. The number of fused-ring (bicyclic) bond motifs is 1. The van der Waals surface area contributed by atoms with Crippen molar-refractivity contribution in [3.05, 3.63) is 11.6 Å². The maximum Gasteiger partial charge on any atom is 0.191 e. The van der Waals surface area contributed by atoms with Crippen molar-refractivity contribution >= 4 is 5.96 Å². The van der Waals surface area contributed by atoms with Crippen LogP contribution in [0, 0.1) is 5.92 Å². The van der Waals surface area contributed by atoms with Crippen LogP contribution in [-0.4, -0.2) is 57.8 Å². The Labute approximate surface area is 137 Å². The normalized spacial score (nSPS) is 28.2. The average Bonchev–Trinajstić information content (AvgIpc) is 3.00. The van der Waals surface area contributed by atoms with Gasteiger partial charge in [-0.3, -0.25) is 9.89 Å². The predicted molar refractivity (Wildman–Crippen MR) is 89.2 cm³/mol. The second-order valence-corrected chi connectivity index (χ2v) is 7.13. The first-order chi connectivity index (χ1) is 11.2. The Kier molecular flexibility index (Phi) is 3.97. The molecular formula is C16H27N7. The van der Waals surface area contributed by atoms with Gasteiger partial charge < -0.3 is 15.2 Å². The lowest BCUT2D eigenvalue weighted by Crippen LogP contribution is -2.46. The van der Waals surface area contributed by atoms with E-state index < -0.39 is 0 Å². The van der Waals surface area contributed by atoms with Crippen LogP contribution < -0.4 is 10.6 Å². The molecule has 0 radical (unpaired) electrons. The number of nitrogens with one attached hydrogen (secondary N) is 2. The first-order valence-electron chi connectivity index (χ1n) is 8.87. The number of guanidine groups is 1. The standard InChI is InChI=1S/C16H27N7/c1-11-9-22(12-5-6-12)10-13(11)19-16(17-2)18-8-15-21-20-14-4-3-7-23(14)15/h11-13H,3-10H2,1-2H3,(H2,17,18,19). The molecule has 126 valence electrons. The number of rotatable bonds is 4. The number of aromatic nitrogens is 3. The molecule has 1 aromatic rings. The van der Waals surface area contributed by atoms with Gasteiger partial charge in [-0.25, -0.2) is 0 Å². The third kappa shape index (κ3) is 3.06. The summed E-state index contributed by atoms with van der Waals surface area (Å²) in [6, 6.07) is 1.32. The molecule has 2 fully saturated rings. The van der Waals surface area contributed by atoms with Crippen molar-refractivity contribution in [3.8, 4) is 0 Å². The van der Waals surface area contributed by atoms with Crippen molar-refractivity contribution in [3.63, 3.8) is 0 Å². The van der Waals surface area contributed by atoms with Gasteiger partial charge in [0.2, 0.25) is 0 Å². The second-order valence-electron chi connectivity index (χ2n) is 7.13. The number of aliphatic imine (C=N–C) groups is 1. The third-order valence-corrected chi connectivity index (χ3v) is 5.35. The molecule has 1 aromatic heterocycles. The molecule has 0 aromatic carbocycles. The minimum atomic E-state index is 0.478. The molecule has 3 heterocycles. The predicted octanol–water partition coefficient (Wildman–Crippen LogP) is 0.372. The quantitative estimate of drug-likeness (QED) is 0.620. The fourth-order valence-corrected chi connectivity index (χ4v) is 3.80. The van der Waals surface area contributed by atoms with Crippen LogP contribution in [0.2, 0.25) is 0 Å². The summed E-state index contributed by atoms with van der Waals surface area (Å²) < 4.78 is 2.23. The molecule has 2 unspecified atom stereocenters. The van der Waals surface area contributed by atoms with Gasteiger partial charge in [0.1, 0.15) is 5.82 Å². The molecule has 7 nitrogen and oxygen atoms in total. The zero-order chi connectivity index (χ0) is 15.8. The lowest BCUT2D eigenvalue weighted by atomic mass is 10.1. The fourth-order valence-electron chi connectivity index (χ4n) is 3.80. The molecule has 2 aliphatic heterocycles. The maximum absolute atomic E-state index is 4.38. The molecule has 2 N–H and O–H groups in total. The van der Waals surface area contributed by atoms with Crippen molar-refractivity contribution in [2.75, 3.05) is 20.1 Å². The summed E-state index contributed by atoms with van der Waals surface area (Å²) in [7, 11) is 1.84. The van der Waals surface area contributed by atoms with E-state index in [-0.39, 0.29) is 0 Å². The van der Waals surface area contributed by atoms with Gasteiger partial charge >= 0.3 is 0 Å². The lowest BCUT2D eigenvalue weighted by Gasteiger charge is -2.20. The lowest BCUT2D eigenvalue weighted by molar-refractivity contribution is 0.315. The Bertz CT molecular complexity index is 589. The maximum atomic E-state index is 4.38. The Morgan fingerprint density at radius 2 is 2.17 bits per heavy atom. The molecule has 1 saturated carbocycles. The van der Waals surface area contributed by atoms with E-state index >= 15 is 0 Å². The molecule has 0 spiro atoms. The van der Waals surface area contributed by atoms with E-state index in [2.05, 4.69) is 42.2 Å². The molecule has 23 heavy (non-hydrogen) atoms. The van der Waals surface area contributed by atoms with Crippen LogP contribution in [0.3, 0.4) is 0 Å². The van der Waals surface area contributed by atoms with Crippen LogP contribution in [0.25, 0.3) is 0 Å². The SMILES string of the molecule is CN=C(NCc1nnc2n1CCC2)NC1CN(C2CC2)CC1C. The van der Waals surface area contributed by atoms with E-state index in [1.54, 1.807) is 0 Å². The van der Waals surface area contributed by atoms with Gasteiger partial charge in [0.15, 0.2) is 11.8 Å². The van der Waals surface area contributed by atoms with Crippen molar-refractivity contribution in [2.45, 2.75) is 57.8 Å². The van der Waals surface area contributed by atoms with Crippen LogP contribution in [0.15, 0.2) is 4.99 Å². The van der Waals surface area contributed by atoms with Crippen LogP contribution in [0.1, 0.15) is 37.8 Å². The number of likely N-dealkylation sites (tertiary alicyclic amines) is 1. The summed E-state index contributed by atoms with van der Waals surface area (Å²) in [6.45, 7) is 6.39. The van der Waals surface area contributed by atoms with Crippen LogP contribution in [0.5, 0.6) is 0 Å². The molecule has 1 saturated heterocycles. The minimum Gasteiger partial charge on any atom is -0.352 e. The molecule has 3 aliphatic rings. The van der Waals surface area contributed by atoms with Gasteiger partial charge in [-0.2, -0.15) is 0 Å². The highest BCUT2D eigenvalue weighted by Crippen LogP contribution is 2.31. The molecule has 4 rings (SSSR count). The number of hydrogen-bond acceptors (Lipinski definition) is 4. The van der Waals surface area contributed by atoms with Gasteiger partial charge in [-0.15, -0.1) is 10.2 Å². The summed E-state index contributed by atoms with van der Waals surface area (Å²) in [6.07, 6.45) is 4.99. The molecule has 0 amide bonds. The zero-order valence-corrected chi connectivity index (χ0v) is 14.1. The van der Waals surface area contributed by atoms with Crippen molar-refractivity contribution in [2.24, 2.45) is 10.9 Å². The van der Waals surface area contributed by atoms with E-state index in [0.29, 0.717) is 18.5 Å². The Morgan fingerprint density at radius 1 is 1.30 bits per heavy atom. The van der Waals surface area contributed by atoms with E-state index in [1.807, 2.05) is 7.05 Å². The minimum absolute atomic E-state index is 0.478.